The summed E-state index contributed by atoms with van der Waals surface area (Å²) in [5, 5.41) is 0. The molecule has 0 N–H and O–H groups in total. The molecule has 4 nitrogen and oxygen atoms in total. The molecule has 0 radical (unpaired) electrons. The van der Waals surface area contributed by atoms with Gasteiger partial charge in [-0.15, -0.1) is 0 Å². The third-order valence-corrected chi connectivity index (χ3v) is 4.13. The Hall–Kier alpha value is -1.63. The van der Waals surface area contributed by atoms with E-state index in [1.165, 1.54) is 24.1 Å². The van der Waals surface area contributed by atoms with E-state index in [2.05, 4.69) is 4.74 Å². The summed E-state index contributed by atoms with van der Waals surface area (Å²) in [6.45, 7) is 0.686. The minimum atomic E-state index is -2.58. The number of benzene rings is 1. The molecule has 0 spiro atoms. The van der Waals surface area contributed by atoms with Crippen LogP contribution in [0.1, 0.15) is 16.8 Å². The van der Waals surface area contributed by atoms with Crippen LogP contribution in [-0.4, -0.2) is 42.7 Å². The van der Waals surface area contributed by atoms with Crippen LogP contribution in [0.25, 0.3) is 0 Å². The molecule has 1 aliphatic heterocycles. The largest absolute Gasteiger partial charge is 0.469 e. The zero-order chi connectivity index (χ0) is 15.4. The molecule has 0 aromatic heterocycles. The first-order valence-corrected chi connectivity index (χ1v) is 7.32. The maximum absolute atomic E-state index is 12.5. The van der Waals surface area contributed by atoms with E-state index in [1.54, 1.807) is 12.1 Å². The van der Waals surface area contributed by atoms with Gasteiger partial charge in [-0.25, -0.2) is 0 Å². The Morgan fingerprint density at radius 3 is 2.76 bits per heavy atom. The number of alkyl halides is 2. The quantitative estimate of drug-likeness (QED) is 0.633. The molecule has 21 heavy (non-hydrogen) atoms. The first-order valence-electron chi connectivity index (χ1n) is 6.44. The lowest BCUT2D eigenvalue weighted by Gasteiger charge is -2.18. The lowest BCUT2D eigenvalue weighted by Crippen LogP contribution is -2.30. The molecule has 0 aliphatic carbocycles. The first-order chi connectivity index (χ1) is 10.0. The molecule has 0 bridgehead atoms. The van der Waals surface area contributed by atoms with Crippen LogP contribution < -0.4 is 0 Å². The van der Waals surface area contributed by atoms with Gasteiger partial charge in [0, 0.05) is 18.0 Å². The number of methoxy groups -OCH3 is 1. The number of hydrogen-bond donors (Lipinski definition) is 0. The van der Waals surface area contributed by atoms with E-state index in [9.17, 15) is 18.4 Å². The fourth-order valence-electron chi connectivity index (χ4n) is 2.32. The van der Waals surface area contributed by atoms with E-state index in [0.29, 0.717) is 24.7 Å². The van der Waals surface area contributed by atoms with Crippen LogP contribution in [0, 0.1) is 5.92 Å². The zero-order valence-corrected chi connectivity index (χ0v) is 12.2. The number of hydrogen-bond acceptors (Lipinski definition) is 4. The molecule has 7 heteroatoms. The number of thioether (sulfide) groups is 1. The summed E-state index contributed by atoms with van der Waals surface area (Å²) in [5.41, 5.74) is 0.244. The number of ether oxygens (including phenoxy) is 1. The molecule has 0 saturated carbocycles. The van der Waals surface area contributed by atoms with Crippen molar-refractivity contribution >= 4 is 23.6 Å². The van der Waals surface area contributed by atoms with Gasteiger partial charge in [0.05, 0.1) is 18.6 Å². The molecule has 2 rings (SSSR count). The van der Waals surface area contributed by atoms with E-state index in [0.717, 1.165) is 0 Å². The second-order valence-corrected chi connectivity index (χ2v) is 5.67. The smallest absolute Gasteiger partial charge is 0.310 e. The normalized spacial score (nSPS) is 18.1. The van der Waals surface area contributed by atoms with E-state index >= 15 is 0 Å². The van der Waals surface area contributed by atoms with Crippen molar-refractivity contribution < 1.29 is 23.1 Å². The zero-order valence-electron chi connectivity index (χ0n) is 11.4. The van der Waals surface area contributed by atoms with Gasteiger partial charge < -0.3 is 9.64 Å². The number of likely N-dealkylation sites (tertiary alicyclic amines) is 1. The van der Waals surface area contributed by atoms with Crippen LogP contribution in [0.2, 0.25) is 0 Å². The average Bonchev–Trinajstić information content (AvgIpc) is 2.95. The maximum Gasteiger partial charge on any atom is 0.310 e. The minimum absolute atomic E-state index is 0.244. The summed E-state index contributed by atoms with van der Waals surface area (Å²) >= 11 is 0.351. The number of carbonyl (C=O) groups excluding carboxylic acids is 2. The fourth-order valence-corrected chi connectivity index (χ4v) is 2.95. The molecule has 1 unspecified atom stereocenters. The van der Waals surface area contributed by atoms with Crippen molar-refractivity contribution in [2.45, 2.75) is 17.1 Å². The van der Waals surface area contributed by atoms with Crippen molar-refractivity contribution in [3.8, 4) is 0 Å². The minimum Gasteiger partial charge on any atom is -0.469 e. The van der Waals surface area contributed by atoms with E-state index < -0.39 is 5.76 Å². The van der Waals surface area contributed by atoms with Gasteiger partial charge in [0.15, 0.2) is 0 Å². The van der Waals surface area contributed by atoms with Gasteiger partial charge in [-0.1, -0.05) is 23.9 Å². The van der Waals surface area contributed by atoms with Crippen molar-refractivity contribution in [2.75, 3.05) is 20.2 Å². The number of amides is 1. The Morgan fingerprint density at radius 2 is 2.10 bits per heavy atom. The highest BCUT2D eigenvalue weighted by Crippen LogP contribution is 2.30. The Morgan fingerprint density at radius 1 is 1.38 bits per heavy atom. The van der Waals surface area contributed by atoms with Crippen molar-refractivity contribution in [2.24, 2.45) is 5.92 Å². The predicted octanol–water partition coefficient (Wildman–Crippen LogP) is 2.64. The van der Waals surface area contributed by atoms with Gasteiger partial charge in [0.25, 0.3) is 11.7 Å². The molecule has 114 valence electrons. The monoisotopic (exact) mass is 315 g/mol. The number of carbonyl (C=O) groups is 2. The average molecular weight is 315 g/mol. The van der Waals surface area contributed by atoms with Crippen molar-refractivity contribution in [1.29, 1.82) is 0 Å². The second kappa shape index (κ2) is 6.89. The van der Waals surface area contributed by atoms with Crippen LogP contribution in [-0.2, 0) is 9.53 Å². The molecule has 1 heterocycles. The fraction of sp³-hybridized carbons (Fsp3) is 0.429. The van der Waals surface area contributed by atoms with Crippen molar-refractivity contribution in [3.05, 3.63) is 29.8 Å². The summed E-state index contributed by atoms with van der Waals surface area (Å²) < 4.78 is 29.7. The molecule has 1 saturated heterocycles. The highest BCUT2D eigenvalue weighted by molar-refractivity contribution is 7.99. The Labute approximate surface area is 125 Å². The molecular weight excluding hydrogens is 300 g/mol. The van der Waals surface area contributed by atoms with Crippen molar-refractivity contribution in [3.63, 3.8) is 0 Å². The number of rotatable bonds is 4. The second-order valence-electron chi connectivity index (χ2n) is 4.63. The predicted molar refractivity (Wildman–Crippen MR) is 74.3 cm³/mol. The Kier molecular flexibility index (Phi) is 5.17. The van der Waals surface area contributed by atoms with Gasteiger partial charge >= 0.3 is 5.97 Å². The van der Waals surface area contributed by atoms with E-state index in [4.69, 9.17) is 0 Å². The Bertz CT molecular complexity index is 539. The van der Waals surface area contributed by atoms with E-state index in [1.807, 2.05) is 0 Å². The molecule has 1 aromatic rings. The summed E-state index contributed by atoms with van der Waals surface area (Å²) in [5.74, 6) is -3.60. The van der Waals surface area contributed by atoms with Crippen LogP contribution in [0.3, 0.4) is 0 Å². The van der Waals surface area contributed by atoms with Gasteiger partial charge in [0.1, 0.15) is 0 Å². The summed E-state index contributed by atoms with van der Waals surface area (Å²) in [4.78, 5) is 25.6. The number of esters is 1. The third-order valence-electron chi connectivity index (χ3n) is 3.34. The highest BCUT2D eigenvalue weighted by atomic mass is 32.2. The van der Waals surface area contributed by atoms with Crippen LogP contribution in [0.4, 0.5) is 8.78 Å². The van der Waals surface area contributed by atoms with Gasteiger partial charge in [-0.2, -0.15) is 8.78 Å². The van der Waals surface area contributed by atoms with Gasteiger partial charge in [-0.05, 0) is 18.6 Å². The molecule has 1 amide bonds. The van der Waals surface area contributed by atoms with Crippen LogP contribution in [0.15, 0.2) is 29.2 Å². The molecule has 1 aliphatic rings. The maximum atomic E-state index is 12.5. The lowest BCUT2D eigenvalue weighted by atomic mass is 10.1. The Balaban J connectivity index is 2.12. The van der Waals surface area contributed by atoms with Gasteiger partial charge in [-0.3, -0.25) is 9.59 Å². The van der Waals surface area contributed by atoms with Gasteiger partial charge in [0.2, 0.25) is 0 Å². The SMILES string of the molecule is COC(=O)C1CCN(C(=O)c2ccccc2SC(F)F)C1. The van der Waals surface area contributed by atoms with E-state index in [-0.39, 0.29) is 34.8 Å². The standard InChI is InChI=1S/C14H15F2NO3S/c1-20-13(19)9-6-7-17(8-9)12(18)10-4-2-3-5-11(10)21-14(15)16/h2-5,9,14H,6-8H2,1H3. The highest BCUT2D eigenvalue weighted by Gasteiger charge is 2.32. The summed E-state index contributed by atoms with van der Waals surface area (Å²) in [7, 11) is 1.31. The third kappa shape index (κ3) is 3.72. The first kappa shape index (κ1) is 15.8. The molecule has 1 fully saturated rings. The molecule has 1 aromatic carbocycles. The summed E-state index contributed by atoms with van der Waals surface area (Å²) in [6.07, 6.45) is 0.530. The number of nitrogens with zero attached hydrogens (tertiary/aromatic N) is 1. The number of halogens is 2. The molecular formula is C14H15F2NO3S. The van der Waals surface area contributed by atoms with Crippen LogP contribution in [0.5, 0.6) is 0 Å². The van der Waals surface area contributed by atoms with Crippen LogP contribution >= 0.6 is 11.8 Å². The van der Waals surface area contributed by atoms with Crippen molar-refractivity contribution in [1.82, 2.24) is 4.90 Å². The lowest BCUT2D eigenvalue weighted by molar-refractivity contribution is -0.144. The topological polar surface area (TPSA) is 46.6 Å². The molecule has 1 atom stereocenters. The summed E-state index contributed by atoms with van der Waals surface area (Å²) in [6, 6.07) is 6.27.